The van der Waals surface area contributed by atoms with Gasteiger partial charge in [0.05, 0.1) is 5.69 Å². The Labute approximate surface area is 98.0 Å². The molecular formula is C13H23N3. The molecule has 0 saturated heterocycles. The standard InChI is InChI=1S/C13H23N3/c1-13(2,3)12-10(7-8-14)15-16-9-5-4-6-11(12)16/h4-9,14H2,1-3H3. The lowest BCUT2D eigenvalue weighted by molar-refractivity contribution is 0.474. The summed E-state index contributed by atoms with van der Waals surface area (Å²) in [5, 5.41) is 4.74. The van der Waals surface area contributed by atoms with Crippen molar-refractivity contribution in [1.82, 2.24) is 9.78 Å². The molecule has 0 saturated carbocycles. The van der Waals surface area contributed by atoms with Gasteiger partial charge < -0.3 is 5.73 Å². The van der Waals surface area contributed by atoms with E-state index >= 15 is 0 Å². The van der Waals surface area contributed by atoms with Crippen molar-refractivity contribution in [2.24, 2.45) is 5.73 Å². The third-order valence-electron chi connectivity index (χ3n) is 3.29. The van der Waals surface area contributed by atoms with E-state index < -0.39 is 0 Å². The van der Waals surface area contributed by atoms with E-state index in [0.29, 0.717) is 6.54 Å². The Bertz CT molecular complexity index is 371. The molecule has 0 atom stereocenters. The molecular weight excluding hydrogens is 198 g/mol. The molecule has 90 valence electrons. The van der Waals surface area contributed by atoms with E-state index in [1.54, 1.807) is 0 Å². The summed E-state index contributed by atoms with van der Waals surface area (Å²) in [7, 11) is 0. The van der Waals surface area contributed by atoms with Gasteiger partial charge in [-0.15, -0.1) is 0 Å². The van der Waals surface area contributed by atoms with Gasteiger partial charge in [-0.05, 0) is 31.2 Å². The number of fused-ring (bicyclic) bond motifs is 1. The highest BCUT2D eigenvalue weighted by molar-refractivity contribution is 5.34. The minimum absolute atomic E-state index is 0.190. The molecule has 16 heavy (non-hydrogen) atoms. The molecule has 0 spiro atoms. The topological polar surface area (TPSA) is 43.8 Å². The second kappa shape index (κ2) is 4.21. The first-order valence-electron chi connectivity index (χ1n) is 6.33. The zero-order valence-corrected chi connectivity index (χ0v) is 10.7. The number of hydrogen-bond donors (Lipinski definition) is 1. The molecule has 3 nitrogen and oxygen atoms in total. The Morgan fingerprint density at radius 3 is 2.69 bits per heavy atom. The number of aryl methyl sites for hydroxylation is 1. The fraction of sp³-hybridized carbons (Fsp3) is 0.769. The first-order valence-corrected chi connectivity index (χ1v) is 6.33. The summed E-state index contributed by atoms with van der Waals surface area (Å²) >= 11 is 0. The van der Waals surface area contributed by atoms with E-state index in [-0.39, 0.29) is 5.41 Å². The van der Waals surface area contributed by atoms with Crippen LogP contribution >= 0.6 is 0 Å². The molecule has 2 heterocycles. The first-order chi connectivity index (χ1) is 7.54. The number of nitrogens with zero attached hydrogens (tertiary/aromatic N) is 2. The molecule has 2 N–H and O–H groups in total. The zero-order chi connectivity index (χ0) is 11.8. The maximum atomic E-state index is 5.68. The van der Waals surface area contributed by atoms with Crippen LogP contribution in [0.5, 0.6) is 0 Å². The Kier molecular flexibility index (Phi) is 3.06. The van der Waals surface area contributed by atoms with Crippen molar-refractivity contribution in [3.8, 4) is 0 Å². The summed E-state index contributed by atoms with van der Waals surface area (Å²) in [6, 6.07) is 0. The summed E-state index contributed by atoms with van der Waals surface area (Å²) < 4.78 is 2.22. The third-order valence-corrected chi connectivity index (χ3v) is 3.29. The molecule has 1 aromatic heterocycles. The van der Waals surface area contributed by atoms with E-state index in [1.165, 1.54) is 36.2 Å². The predicted octanol–water partition coefficient (Wildman–Crippen LogP) is 2.02. The van der Waals surface area contributed by atoms with Crippen LogP contribution in [-0.2, 0) is 24.8 Å². The van der Waals surface area contributed by atoms with E-state index in [4.69, 9.17) is 10.8 Å². The zero-order valence-electron chi connectivity index (χ0n) is 10.7. The van der Waals surface area contributed by atoms with Crippen LogP contribution in [-0.4, -0.2) is 16.3 Å². The van der Waals surface area contributed by atoms with E-state index in [1.807, 2.05) is 0 Å². The van der Waals surface area contributed by atoms with E-state index in [9.17, 15) is 0 Å². The smallest absolute Gasteiger partial charge is 0.0677 e. The fourth-order valence-electron chi connectivity index (χ4n) is 2.72. The van der Waals surface area contributed by atoms with Crippen molar-refractivity contribution >= 4 is 0 Å². The highest BCUT2D eigenvalue weighted by Crippen LogP contribution is 2.32. The van der Waals surface area contributed by atoms with Crippen molar-refractivity contribution < 1.29 is 0 Å². The summed E-state index contributed by atoms with van der Waals surface area (Å²) in [5.74, 6) is 0. The molecule has 1 aromatic rings. The molecule has 0 bridgehead atoms. The predicted molar refractivity (Wildman–Crippen MR) is 66.6 cm³/mol. The molecule has 3 heteroatoms. The minimum atomic E-state index is 0.190. The highest BCUT2D eigenvalue weighted by atomic mass is 15.3. The SMILES string of the molecule is CC(C)(C)c1c(CCN)nn2c1CCCC2. The second-order valence-corrected chi connectivity index (χ2v) is 5.74. The van der Waals surface area contributed by atoms with Gasteiger partial charge in [0.2, 0.25) is 0 Å². The molecule has 2 rings (SSSR count). The van der Waals surface area contributed by atoms with Crippen LogP contribution in [0.1, 0.15) is 50.6 Å². The lowest BCUT2D eigenvalue weighted by Crippen LogP contribution is -2.19. The van der Waals surface area contributed by atoms with Gasteiger partial charge in [0.1, 0.15) is 0 Å². The van der Waals surface area contributed by atoms with E-state index in [2.05, 4.69) is 25.5 Å². The molecule has 1 aliphatic heterocycles. The van der Waals surface area contributed by atoms with Crippen molar-refractivity contribution in [2.45, 2.75) is 58.4 Å². The summed E-state index contributed by atoms with van der Waals surface area (Å²) in [6.45, 7) is 8.61. The summed E-state index contributed by atoms with van der Waals surface area (Å²) in [5.41, 5.74) is 10.0. The van der Waals surface area contributed by atoms with Gasteiger partial charge in [-0.2, -0.15) is 5.10 Å². The van der Waals surface area contributed by atoms with Crippen LogP contribution < -0.4 is 5.73 Å². The minimum Gasteiger partial charge on any atom is -0.330 e. The van der Waals surface area contributed by atoms with Crippen LogP contribution in [0.2, 0.25) is 0 Å². The van der Waals surface area contributed by atoms with Crippen LogP contribution in [0.3, 0.4) is 0 Å². The van der Waals surface area contributed by atoms with Crippen molar-refractivity contribution in [3.05, 3.63) is 17.0 Å². The largest absolute Gasteiger partial charge is 0.330 e. The van der Waals surface area contributed by atoms with E-state index in [0.717, 1.165) is 13.0 Å². The van der Waals surface area contributed by atoms with Crippen molar-refractivity contribution in [1.29, 1.82) is 0 Å². The number of aromatic nitrogens is 2. The summed E-state index contributed by atoms with van der Waals surface area (Å²) in [6.07, 6.45) is 4.66. The second-order valence-electron chi connectivity index (χ2n) is 5.74. The fourth-order valence-corrected chi connectivity index (χ4v) is 2.72. The average Bonchev–Trinajstić information content (AvgIpc) is 2.55. The maximum Gasteiger partial charge on any atom is 0.0677 e. The van der Waals surface area contributed by atoms with Crippen LogP contribution in [0.4, 0.5) is 0 Å². The number of hydrogen-bond acceptors (Lipinski definition) is 2. The van der Waals surface area contributed by atoms with Gasteiger partial charge in [0, 0.05) is 24.2 Å². The van der Waals surface area contributed by atoms with Gasteiger partial charge >= 0.3 is 0 Å². The molecule has 0 radical (unpaired) electrons. The number of nitrogens with two attached hydrogens (primary N) is 1. The van der Waals surface area contributed by atoms with Gasteiger partial charge in [-0.1, -0.05) is 20.8 Å². The monoisotopic (exact) mass is 221 g/mol. The van der Waals surface area contributed by atoms with Crippen molar-refractivity contribution in [3.63, 3.8) is 0 Å². The Morgan fingerprint density at radius 1 is 1.31 bits per heavy atom. The molecule has 0 amide bonds. The quantitative estimate of drug-likeness (QED) is 0.830. The Balaban J connectivity index is 2.48. The van der Waals surface area contributed by atoms with Crippen LogP contribution in [0.25, 0.3) is 0 Å². The molecule has 1 aliphatic rings. The maximum absolute atomic E-state index is 5.68. The number of rotatable bonds is 2. The van der Waals surface area contributed by atoms with Gasteiger partial charge in [0.15, 0.2) is 0 Å². The first kappa shape index (κ1) is 11.6. The Morgan fingerprint density at radius 2 is 2.06 bits per heavy atom. The van der Waals surface area contributed by atoms with Crippen molar-refractivity contribution in [2.75, 3.05) is 6.54 Å². The summed E-state index contributed by atoms with van der Waals surface area (Å²) in [4.78, 5) is 0. The molecule has 0 aromatic carbocycles. The Hall–Kier alpha value is -0.830. The highest BCUT2D eigenvalue weighted by Gasteiger charge is 2.27. The molecule has 0 fully saturated rings. The van der Waals surface area contributed by atoms with Gasteiger partial charge in [-0.25, -0.2) is 0 Å². The lowest BCUT2D eigenvalue weighted by atomic mass is 9.83. The van der Waals surface area contributed by atoms with Gasteiger partial charge in [-0.3, -0.25) is 4.68 Å². The van der Waals surface area contributed by atoms with Gasteiger partial charge in [0.25, 0.3) is 0 Å². The van der Waals surface area contributed by atoms with Crippen LogP contribution in [0, 0.1) is 0 Å². The van der Waals surface area contributed by atoms with Crippen LogP contribution in [0.15, 0.2) is 0 Å². The average molecular weight is 221 g/mol. The third kappa shape index (κ3) is 2.01. The lowest BCUT2D eigenvalue weighted by Gasteiger charge is -2.23. The molecule has 0 unspecified atom stereocenters. The molecule has 0 aliphatic carbocycles. The normalized spacial score (nSPS) is 16.2.